The highest BCUT2D eigenvalue weighted by Crippen LogP contribution is 2.29. The summed E-state index contributed by atoms with van der Waals surface area (Å²) in [6, 6.07) is 14.7. The summed E-state index contributed by atoms with van der Waals surface area (Å²) in [5.41, 5.74) is 1.58. The van der Waals surface area contributed by atoms with Gasteiger partial charge in [-0.3, -0.25) is 4.79 Å². The molecule has 4 nitrogen and oxygen atoms in total. The summed E-state index contributed by atoms with van der Waals surface area (Å²) in [7, 11) is 0. The number of halogens is 4. The maximum absolute atomic E-state index is 12.6. The van der Waals surface area contributed by atoms with Gasteiger partial charge < -0.3 is 15.0 Å². The Balaban J connectivity index is 1.46. The molecular weight excluding hydrogens is 461 g/mol. The maximum atomic E-state index is 12.6. The molecule has 0 spiro atoms. The lowest BCUT2D eigenvalue weighted by Gasteiger charge is -2.31. The minimum atomic E-state index is -4.79. The van der Waals surface area contributed by atoms with E-state index in [0.717, 1.165) is 38.9 Å². The molecule has 0 saturated carbocycles. The van der Waals surface area contributed by atoms with E-state index in [1.165, 1.54) is 17.7 Å². The van der Waals surface area contributed by atoms with Gasteiger partial charge in [0.1, 0.15) is 5.75 Å². The van der Waals surface area contributed by atoms with Crippen LogP contribution < -0.4 is 10.1 Å². The normalized spacial score (nSPS) is 15.7. The first-order valence-electron chi connectivity index (χ1n) is 9.88. The molecule has 1 N–H and O–H groups in total. The molecule has 2 aromatic rings. The van der Waals surface area contributed by atoms with Crippen molar-refractivity contribution in [3.05, 3.63) is 64.1 Å². The zero-order valence-electron chi connectivity index (χ0n) is 16.4. The van der Waals surface area contributed by atoms with Crippen LogP contribution in [0.3, 0.4) is 0 Å². The molecule has 1 amide bonds. The van der Waals surface area contributed by atoms with Crippen molar-refractivity contribution in [1.82, 2.24) is 10.2 Å². The Kier molecular flexibility index (Phi) is 7.77. The van der Waals surface area contributed by atoms with Crippen molar-refractivity contribution in [3.8, 4) is 5.75 Å². The molecule has 0 unspecified atom stereocenters. The third-order valence-electron chi connectivity index (χ3n) is 5.23. The Morgan fingerprint density at radius 2 is 1.83 bits per heavy atom. The molecule has 1 aliphatic heterocycles. The van der Waals surface area contributed by atoms with E-state index in [-0.39, 0.29) is 29.7 Å². The molecule has 8 heteroatoms. The summed E-state index contributed by atoms with van der Waals surface area (Å²) in [6.07, 6.45) is -2.32. The van der Waals surface area contributed by atoms with Gasteiger partial charge in [0.2, 0.25) is 5.91 Å². The number of carbonyl (C=O) groups is 1. The second-order valence-corrected chi connectivity index (χ2v) is 8.28. The summed E-state index contributed by atoms with van der Waals surface area (Å²) in [6.45, 7) is 2.62. The first-order valence-corrected chi connectivity index (χ1v) is 10.7. The lowest BCUT2D eigenvalue weighted by Crippen LogP contribution is -2.41. The molecule has 1 fully saturated rings. The second kappa shape index (κ2) is 10.3. The molecule has 3 rings (SSSR count). The number of rotatable bonds is 7. The molecule has 2 aromatic carbocycles. The first kappa shape index (κ1) is 22.6. The summed E-state index contributed by atoms with van der Waals surface area (Å²) >= 11 is 3.14. The van der Waals surface area contributed by atoms with E-state index in [0.29, 0.717) is 4.47 Å². The minimum absolute atomic E-state index is 0.00819. The predicted octanol–water partition coefficient (Wildman–Crippen LogP) is 4.92. The van der Waals surface area contributed by atoms with Gasteiger partial charge in [0.05, 0.1) is 0 Å². The topological polar surface area (TPSA) is 41.6 Å². The molecule has 162 valence electrons. The highest BCUT2D eigenvalue weighted by Gasteiger charge is 2.32. The number of nitrogens with one attached hydrogen (secondary N) is 1. The van der Waals surface area contributed by atoms with Crippen molar-refractivity contribution in [3.63, 3.8) is 0 Å². The Bertz CT molecular complexity index is 838. The van der Waals surface area contributed by atoms with Gasteiger partial charge in [-0.15, -0.1) is 13.2 Å². The highest BCUT2D eigenvalue weighted by molar-refractivity contribution is 9.10. The fraction of sp³-hybridized carbons (Fsp3) is 0.409. The van der Waals surface area contributed by atoms with Crippen LogP contribution in [0.4, 0.5) is 13.2 Å². The molecule has 1 heterocycles. The van der Waals surface area contributed by atoms with E-state index in [1.807, 2.05) is 18.2 Å². The number of hydrogen-bond acceptors (Lipinski definition) is 3. The number of likely N-dealkylation sites (tertiary alicyclic amines) is 1. The number of nitrogens with zero attached hydrogens (tertiary/aromatic N) is 1. The molecule has 0 aliphatic carbocycles. The Labute approximate surface area is 182 Å². The fourth-order valence-corrected chi connectivity index (χ4v) is 3.91. The van der Waals surface area contributed by atoms with Crippen LogP contribution in [0.15, 0.2) is 53.0 Å². The molecule has 1 aliphatic rings. The zero-order chi connectivity index (χ0) is 21.6. The maximum Gasteiger partial charge on any atom is 0.573 e. The SMILES string of the molecule is O=C(NCc1ccc(Br)cc1OC(F)(F)F)C1CCN(CCc2ccccc2)CC1. The lowest BCUT2D eigenvalue weighted by molar-refractivity contribution is -0.274. The second-order valence-electron chi connectivity index (χ2n) is 7.37. The van der Waals surface area contributed by atoms with Crippen molar-refractivity contribution in [2.75, 3.05) is 19.6 Å². The van der Waals surface area contributed by atoms with Crippen LogP contribution >= 0.6 is 15.9 Å². The van der Waals surface area contributed by atoms with E-state index in [9.17, 15) is 18.0 Å². The third kappa shape index (κ3) is 7.02. The van der Waals surface area contributed by atoms with Crippen LogP contribution in [0, 0.1) is 5.92 Å². The van der Waals surface area contributed by atoms with E-state index in [4.69, 9.17) is 0 Å². The summed E-state index contributed by atoms with van der Waals surface area (Å²) in [5, 5.41) is 2.77. The number of amides is 1. The van der Waals surface area contributed by atoms with Crippen LogP contribution in [-0.2, 0) is 17.8 Å². The number of ether oxygens (including phenoxy) is 1. The lowest BCUT2D eigenvalue weighted by atomic mass is 9.95. The highest BCUT2D eigenvalue weighted by atomic mass is 79.9. The number of hydrogen-bond donors (Lipinski definition) is 1. The summed E-state index contributed by atoms with van der Waals surface area (Å²) in [5.74, 6) is -0.563. The third-order valence-corrected chi connectivity index (χ3v) is 5.72. The van der Waals surface area contributed by atoms with Crippen LogP contribution in [0.2, 0.25) is 0 Å². The van der Waals surface area contributed by atoms with Crippen molar-refractivity contribution in [1.29, 1.82) is 0 Å². The van der Waals surface area contributed by atoms with Gasteiger partial charge >= 0.3 is 6.36 Å². The average molecular weight is 485 g/mol. The minimum Gasteiger partial charge on any atom is -0.405 e. The number of piperidine rings is 1. The number of carbonyl (C=O) groups excluding carboxylic acids is 1. The van der Waals surface area contributed by atoms with Gasteiger partial charge in [-0.1, -0.05) is 52.3 Å². The van der Waals surface area contributed by atoms with Crippen LogP contribution in [-0.4, -0.2) is 36.8 Å². The molecule has 30 heavy (non-hydrogen) atoms. The molecular formula is C22H24BrF3N2O2. The van der Waals surface area contributed by atoms with Gasteiger partial charge in [0.25, 0.3) is 0 Å². The Morgan fingerprint density at radius 3 is 2.50 bits per heavy atom. The standard InChI is InChI=1S/C22H24BrF3N2O2/c23-19-7-6-18(20(14-19)30-22(24,25)26)15-27-21(29)17-9-12-28(13-10-17)11-8-16-4-2-1-3-5-16/h1-7,14,17H,8-13,15H2,(H,27,29). The van der Waals surface area contributed by atoms with Crippen molar-refractivity contribution in [2.24, 2.45) is 5.92 Å². The Hall–Kier alpha value is -2.06. The predicted molar refractivity (Wildman–Crippen MR) is 112 cm³/mol. The first-order chi connectivity index (χ1) is 14.3. The molecule has 0 aromatic heterocycles. The van der Waals surface area contributed by atoms with E-state index < -0.39 is 6.36 Å². The fourth-order valence-electron chi connectivity index (χ4n) is 3.57. The average Bonchev–Trinajstić information content (AvgIpc) is 2.71. The van der Waals surface area contributed by atoms with Crippen molar-refractivity contribution < 1.29 is 22.7 Å². The van der Waals surface area contributed by atoms with Crippen molar-refractivity contribution in [2.45, 2.75) is 32.2 Å². The van der Waals surface area contributed by atoms with Gasteiger partial charge in [-0.2, -0.15) is 0 Å². The smallest absolute Gasteiger partial charge is 0.405 e. The van der Waals surface area contributed by atoms with E-state index >= 15 is 0 Å². The van der Waals surface area contributed by atoms with E-state index in [2.05, 4.69) is 43.0 Å². The van der Waals surface area contributed by atoms with Gasteiger partial charge in [0.15, 0.2) is 0 Å². The Morgan fingerprint density at radius 1 is 1.13 bits per heavy atom. The summed E-state index contributed by atoms with van der Waals surface area (Å²) in [4.78, 5) is 14.9. The molecule has 0 atom stereocenters. The van der Waals surface area contributed by atoms with Gasteiger partial charge in [-0.25, -0.2) is 0 Å². The summed E-state index contributed by atoms with van der Waals surface area (Å²) < 4.78 is 42.4. The van der Waals surface area contributed by atoms with Crippen LogP contribution in [0.25, 0.3) is 0 Å². The zero-order valence-corrected chi connectivity index (χ0v) is 18.0. The van der Waals surface area contributed by atoms with Gasteiger partial charge in [-0.05, 0) is 50.0 Å². The van der Waals surface area contributed by atoms with Crippen LogP contribution in [0.5, 0.6) is 5.75 Å². The molecule has 0 bridgehead atoms. The monoisotopic (exact) mass is 484 g/mol. The number of alkyl halides is 3. The quantitative estimate of drug-likeness (QED) is 0.606. The largest absolute Gasteiger partial charge is 0.573 e. The molecule has 0 radical (unpaired) electrons. The number of benzene rings is 2. The van der Waals surface area contributed by atoms with Crippen LogP contribution in [0.1, 0.15) is 24.0 Å². The molecule has 1 saturated heterocycles. The van der Waals surface area contributed by atoms with Gasteiger partial charge in [0, 0.05) is 29.0 Å². The van der Waals surface area contributed by atoms with E-state index in [1.54, 1.807) is 6.07 Å². The van der Waals surface area contributed by atoms with Crippen molar-refractivity contribution >= 4 is 21.8 Å².